The van der Waals surface area contributed by atoms with Crippen LogP contribution >= 0.6 is 15.9 Å². The van der Waals surface area contributed by atoms with E-state index in [-0.39, 0.29) is 0 Å². The maximum absolute atomic E-state index is 3.69. The van der Waals surface area contributed by atoms with Crippen LogP contribution in [0.15, 0.2) is 22.7 Å². The van der Waals surface area contributed by atoms with Gasteiger partial charge in [-0.1, -0.05) is 42.8 Å². The second-order valence-electron chi connectivity index (χ2n) is 6.61. The Kier molecular flexibility index (Phi) is 4.57. The van der Waals surface area contributed by atoms with Gasteiger partial charge in [-0.05, 0) is 43.0 Å². The molecule has 2 rings (SSSR count). The number of aryl methyl sites for hydroxylation is 1. The monoisotopic (exact) mass is 324 g/mol. The van der Waals surface area contributed by atoms with Crippen LogP contribution in [0, 0.1) is 12.3 Å². The molecule has 1 N–H and O–H groups in total. The lowest BCUT2D eigenvalue weighted by Gasteiger charge is -2.34. The smallest absolute Gasteiger partial charge is 0.0378 e. The Morgan fingerprint density at radius 3 is 2.68 bits per heavy atom. The molecule has 1 heterocycles. The van der Waals surface area contributed by atoms with Gasteiger partial charge in [0.1, 0.15) is 0 Å². The van der Waals surface area contributed by atoms with Crippen molar-refractivity contribution in [2.24, 2.45) is 5.41 Å². The van der Waals surface area contributed by atoms with Crippen molar-refractivity contribution >= 4 is 21.6 Å². The predicted octanol–water partition coefficient (Wildman–Crippen LogP) is 3.97. The van der Waals surface area contributed by atoms with Crippen LogP contribution < -0.4 is 10.2 Å². The highest BCUT2D eigenvalue weighted by molar-refractivity contribution is 9.10. The van der Waals surface area contributed by atoms with Crippen LogP contribution in [0.4, 0.5) is 5.69 Å². The Balaban J connectivity index is 2.20. The fourth-order valence-corrected chi connectivity index (χ4v) is 2.88. The highest BCUT2D eigenvalue weighted by Gasteiger charge is 2.28. The first-order valence-corrected chi connectivity index (χ1v) is 7.92. The van der Waals surface area contributed by atoms with Crippen LogP contribution in [-0.2, 0) is 0 Å². The molecule has 0 spiro atoms. The standard InChI is InChI=1S/C16H25BrN2/c1-12-6-7-13(10-14(12)17)19-9-5-8-18-15(11-19)16(2,3)4/h6-7,10,15,18H,5,8-9,11H2,1-4H3. The molecule has 3 heteroatoms. The van der Waals surface area contributed by atoms with Crippen molar-refractivity contribution < 1.29 is 0 Å². The van der Waals surface area contributed by atoms with E-state index in [1.807, 2.05) is 0 Å². The quantitative estimate of drug-likeness (QED) is 0.840. The first-order chi connectivity index (χ1) is 8.88. The molecule has 1 fully saturated rings. The van der Waals surface area contributed by atoms with Gasteiger partial charge >= 0.3 is 0 Å². The fraction of sp³-hybridized carbons (Fsp3) is 0.625. The number of benzene rings is 1. The fourth-order valence-electron chi connectivity index (χ4n) is 2.52. The summed E-state index contributed by atoms with van der Waals surface area (Å²) in [5, 5.41) is 3.69. The summed E-state index contributed by atoms with van der Waals surface area (Å²) in [7, 11) is 0. The molecule has 106 valence electrons. The second-order valence-corrected chi connectivity index (χ2v) is 7.46. The van der Waals surface area contributed by atoms with Crippen LogP contribution in [0.1, 0.15) is 32.8 Å². The van der Waals surface area contributed by atoms with Crippen molar-refractivity contribution in [1.82, 2.24) is 5.32 Å². The van der Waals surface area contributed by atoms with Crippen molar-refractivity contribution in [3.8, 4) is 0 Å². The topological polar surface area (TPSA) is 15.3 Å². The number of hydrogen-bond acceptors (Lipinski definition) is 2. The zero-order valence-electron chi connectivity index (χ0n) is 12.5. The maximum atomic E-state index is 3.69. The molecule has 1 atom stereocenters. The molecular formula is C16H25BrN2. The summed E-state index contributed by atoms with van der Waals surface area (Å²) >= 11 is 3.64. The lowest BCUT2D eigenvalue weighted by molar-refractivity contribution is 0.280. The Bertz CT molecular complexity index is 437. The summed E-state index contributed by atoms with van der Waals surface area (Å²) < 4.78 is 1.20. The molecule has 1 aromatic rings. The molecule has 0 saturated carbocycles. The van der Waals surface area contributed by atoms with E-state index in [0.717, 1.165) is 19.6 Å². The first-order valence-electron chi connectivity index (χ1n) is 7.12. The zero-order chi connectivity index (χ0) is 14.0. The van der Waals surface area contributed by atoms with E-state index in [2.05, 4.69) is 72.0 Å². The molecule has 2 nitrogen and oxygen atoms in total. The molecule has 1 unspecified atom stereocenters. The van der Waals surface area contributed by atoms with Gasteiger partial charge < -0.3 is 10.2 Å². The lowest BCUT2D eigenvalue weighted by Crippen LogP contribution is -2.46. The minimum Gasteiger partial charge on any atom is -0.370 e. The third-order valence-corrected chi connectivity index (χ3v) is 4.82. The van der Waals surface area contributed by atoms with E-state index in [1.54, 1.807) is 0 Å². The van der Waals surface area contributed by atoms with Gasteiger partial charge in [-0.2, -0.15) is 0 Å². The van der Waals surface area contributed by atoms with Gasteiger partial charge in [0.25, 0.3) is 0 Å². The Morgan fingerprint density at radius 2 is 2.05 bits per heavy atom. The SMILES string of the molecule is Cc1ccc(N2CCCNC(C(C)(C)C)C2)cc1Br. The van der Waals surface area contributed by atoms with Crippen molar-refractivity contribution in [1.29, 1.82) is 0 Å². The van der Waals surface area contributed by atoms with E-state index in [0.29, 0.717) is 11.5 Å². The Hall–Kier alpha value is -0.540. The summed E-state index contributed by atoms with van der Waals surface area (Å²) in [5.74, 6) is 0. The maximum Gasteiger partial charge on any atom is 0.0378 e. The minimum absolute atomic E-state index is 0.296. The molecular weight excluding hydrogens is 300 g/mol. The zero-order valence-corrected chi connectivity index (χ0v) is 14.0. The Labute approximate surface area is 125 Å². The second kappa shape index (κ2) is 5.84. The molecule has 0 amide bonds. The van der Waals surface area contributed by atoms with E-state index in [4.69, 9.17) is 0 Å². The van der Waals surface area contributed by atoms with Gasteiger partial charge in [0.2, 0.25) is 0 Å². The summed E-state index contributed by atoms with van der Waals surface area (Å²) in [6.07, 6.45) is 1.21. The van der Waals surface area contributed by atoms with E-state index < -0.39 is 0 Å². The number of nitrogens with one attached hydrogen (secondary N) is 1. The normalized spacial score (nSPS) is 21.3. The highest BCUT2D eigenvalue weighted by atomic mass is 79.9. The van der Waals surface area contributed by atoms with Crippen molar-refractivity contribution in [3.05, 3.63) is 28.2 Å². The Morgan fingerprint density at radius 1 is 1.32 bits per heavy atom. The number of rotatable bonds is 1. The molecule has 0 bridgehead atoms. The van der Waals surface area contributed by atoms with Gasteiger partial charge in [-0.3, -0.25) is 0 Å². The van der Waals surface area contributed by atoms with Gasteiger partial charge in [0, 0.05) is 29.3 Å². The minimum atomic E-state index is 0.296. The van der Waals surface area contributed by atoms with E-state index in [1.165, 1.54) is 22.1 Å². The van der Waals surface area contributed by atoms with Gasteiger partial charge in [-0.15, -0.1) is 0 Å². The molecule has 0 radical (unpaired) electrons. The van der Waals surface area contributed by atoms with Crippen LogP contribution in [0.25, 0.3) is 0 Å². The number of nitrogens with zero attached hydrogens (tertiary/aromatic N) is 1. The molecule has 0 aromatic heterocycles. The predicted molar refractivity (Wildman–Crippen MR) is 87.0 cm³/mol. The molecule has 1 aliphatic rings. The summed E-state index contributed by atoms with van der Waals surface area (Å²) in [6, 6.07) is 7.23. The molecule has 0 aliphatic carbocycles. The third-order valence-electron chi connectivity index (χ3n) is 3.96. The van der Waals surface area contributed by atoms with Gasteiger partial charge in [0.05, 0.1) is 0 Å². The lowest BCUT2D eigenvalue weighted by atomic mass is 9.86. The molecule has 1 aromatic carbocycles. The summed E-state index contributed by atoms with van der Waals surface area (Å²) in [4.78, 5) is 2.51. The number of halogens is 1. The van der Waals surface area contributed by atoms with Crippen LogP contribution in [0.3, 0.4) is 0 Å². The van der Waals surface area contributed by atoms with E-state index >= 15 is 0 Å². The van der Waals surface area contributed by atoms with Crippen LogP contribution in [0.2, 0.25) is 0 Å². The average molecular weight is 325 g/mol. The number of hydrogen-bond donors (Lipinski definition) is 1. The third kappa shape index (κ3) is 3.73. The summed E-state index contributed by atoms with van der Waals surface area (Å²) in [5.41, 5.74) is 2.92. The largest absolute Gasteiger partial charge is 0.370 e. The highest BCUT2D eigenvalue weighted by Crippen LogP contribution is 2.27. The van der Waals surface area contributed by atoms with Crippen LogP contribution in [-0.4, -0.2) is 25.7 Å². The van der Waals surface area contributed by atoms with Crippen molar-refractivity contribution in [2.75, 3.05) is 24.5 Å². The summed E-state index contributed by atoms with van der Waals surface area (Å²) in [6.45, 7) is 12.4. The van der Waals surface area contributed by atoms with Crippen molar-refractivity contribution in [2.45, 2.75) is 40.2 Å². The molecule has 19 heavy (non-hydrogen) atoms. The molecule has 1 saturated heterocycles. The van der Waals surface area contributed by atoms with E-state index in [9.17, 15) is 0 Å². The first kappa shape index (κ1) is 14.9. The average Bonchev–Trinajstić information content (AvgIpc) is 2.58. The van der Waals surface area contributed by atoms with Crippen LogP contribution in [0.5, 0.6) is 0 Å². The number of anilines is 1. The van der Waals surface area contributed by atoms with Gasteiger partial charge in [-0.25, -0.2) is 0 Å². The molecule has 1 aliphatic heterocycles. The van der Waals surface area contributed by atoms with Crippen molar-refractivity contribution in [3.63, 3.8) is 0 Å². The van der Waals surface area contributed by atoms with Gasteiger partial charge in [0.15, 0.2) is 0 Å².